The second-order valence-corrected chi connectivity index (χ2v) is 8.24. The van der Waals surface area contributed by atoms with Crippen LogP contribution in [-0.4, -0.2) is 0 Å². The highest BCUT2D eigenvalue weighted by Crippen LogP contribution is 2.41. The molecule has 0 saturated heterocycles. The molecule has 30 heavy (non-hydrogen) atoms. The van der Waals surface area contributed by atoms with Crippen molar-refractivity contribution in [1.29, 1.82) is 10.5 Å². The number of nitrogens with two attached hydrogens (primary N) is 2. The maximum Gasteiger partial charge on any atom is 0.150 e. The van der Waals surface area contributed by atoms with Gasteiger partial charge < -0.3 is 16.2 Å². The summed E-state index contributed by atoms with van der Waals surface area (Å²) in [6.45, 7) is 2.24. The zero-order chi connectivity index (χ0) is 21.5. The Kier molecular flexibility index (Phi) is 7.20. The minimum Gasteiger partial charge on any atom is -0.454 e. The van der Waals surface area contributed by atoms with E-state index in [1.165, 1.54) is 38.5 Å². The summed E-state index contributed by atoms with van der Waals surface area (Å²) in [5.74, 6) is 1.89. The average Bonchev–Trinajstić information content (AvgIpc) is 2.76. The second-order valence-electron chi connectivity index (χ2n) is 8.24. The molecule has 0 radical (unpaired) electrons. The first-order valence-electron chi connectivity index (χ1n) is 10.9. The summed E-state index contributed by atoms with van der Waals surface area (Å²) in [7, 11) is 0. The molecule has 0 heterocycles. The summed E-state index contributed by atoms with van der Waals surface area (Å²) in [6, 6.07) is 13.1. The van der Waals surface area contributed by atoms with Crippen molar-refractivity contribution in [2.75, 3.05) is 11.5 Å². The van der Waals surface area contributed by atoms with Gasteiger partial charge in [0.05, 0.1) is 11.3 Å². The number of nitrogen functional groups attached to an aromatic ring is 2. The molecule has 1 aliphatic rings. The van der Waals surface area contributed by atoms with E-state index in [1.54, 1.807) is 24.3 Å². The molecule has 5 nitrogen and oxygen atoms in total. The molecule has 4 N–H and O–H groups in total. The summed E-state index contributed by atoms with van der Waals surface area (Å²) in [5, 5.41) is 19.6. The van der Waals surface area contributed by atoms with Crippen LogP contribution in [0.1, 0.15) is 80.9 Å². The fourth-order valence-electron chi connectivity index (χ4n) is 4.48. The van der Waals surface area contributed by atoms with E-state index in [2.05, 4.69) is 19.1 Å². The molecular weight excluding hydrogens is 372 g/mol. The normalized spacial score (nSPS) is 18.4. The number of hydrogen-bond donors (Lipinski definition) is 2. The standard InChI is InChI=1S/C25H30N4O/c1-2-3-4-5-17-6-8-18(9-7-17)20-11-13-24(22(16-27)21(20)15-26)30-25-12-10-19(28)14-23(25)29/h10-14,17-18H,2-9,28-29H2,1H3. The Balaban J connectivity index is 1.79. The fraction of sp³-hybridized carbons (Fsp3) is 0.440. The Labute approximate surface area is 179 Å². The summed E-state index contributed by atoms with van der Waals surface area (Å²) in [6.07, 6.45) is 9.73. The lowest BCUT2D eigenvalue weighted by Crippen LogP contribution is -2.15. The third-order valence-corrected chi connectivity index (χ3v) is 6.18. The molecule has 1 saturated carbocycles. The molecule has 156 valence electrons. The summed E-state index contributed by atoms with van der Waals surface area (Å²) in [5.41, 5.74) is 14.3. The predicted octanol–water partition coefficient (Wildman–Crippen LogP) is 6.24. The van der Waals surface area contributed by atoms with Crippen LogP contribution >= 0.6 is 0 Å². The lowest BCUT2D eigenvalue weighted by atomic mass is 9.75. The van der Waals surface area contributed by atoms with Crippen molar-refractivity contribution in [3.63, 3.8) is 0 Å². The maximum atomic E-state index is 9.84. The van der Waals surface area contributed by atoms with Crippen molar-refractivity contribution in [2.24, 2.45) is 5.92 Å². The van der Waals surface area contributed by atoms with Crippen molar-refractivity contribution in [1.82, 2.24) is 0 Å². The van der Waals surface area contributed by atoms with Crippen LogP contribution in [0.3, 0.4) is 0 Å². The maximum absolute atomic E-state index is 9.84. The van der Waals surface area contributed by atoms with E-state index in [0.717, 1.165) is 24.3 Å². The summed E-state index contributed by atoms with van der Waals surface area (Å²) in [4.78, 5) is 0. The average molecular weight is 403 g/mol. The SMILES string of the molecule is CCCCCC1CCC(c2ccc(Oc3ccc(N)cc3N)c(C#N)c2C#N)CC1. The Hall–Kier alpha value is -3.18. The zero-order valence-electron chi connectivity index (χ0n) is 17.7. The van der Waals surface area contributed by atoms with Crippen LogP contribution in [0.25, 0.3) is 0 Å². The molecule has 2 aromatic rings. The third-order valence-electron chi connectivity index (χ3n) is 6.18. The molecule has 0 bridgehead atoms. The van der Waals surface area contributed by atoms with Crippen LogP contribution in [0.2, 0.25) is 0 Å². The molecule has 0 aliphatic heterocycles. The number of ether oxygens (including phenoxy) is 1. The summed E-state index contributed by atoms with van der Waals surface area (Å²) >= 11 is 0. The van der Waals surface area contributed by atoms with Crippen LogP contribution in [-0.2, 0) is 0 Å². The van der Waals surface area contributed by atoms with Gasteiger partial charge in [-0.2, -0.15) is 10.5 Å². The van der Waals surface area contributed by atoms with E-state index < -0.39 is 0 Å². The van der Waals surface area contributed by atoms with Gasteiger partial charge >= 0.3 is 0 Å². The molecule has 0 amide bonds. The van der Waals surface area contributed by atoms with Gasteiger partial charge in [0.25, 0.3) is 0 Å². The lowest BCUT2D eigenvalue weighted by Gasteiger charge is -2.29. The van der Waals surface area contributed by atoms with Gasteiger partial charge in [-0.1, -0.05) is 38.7 Å². The molecule has 0 unspecified atom stereocenters. The van der Waals surface area contributed by atoms with E-state index in [4.69, 9.17) is 16.2 Å². The molecule has 0 spiro atoms. The van der Waals surface area contributed by atoms with E-state index >= 15 is 0 Å². The Morgan fingerprint density at radius 1 is 0.933 bits per heavy atom. The van der Waals surface area contributed by atoms with Gasteiger partial charge in [0.1, 0.15) is 23.5 Å². The molecule has 2 aromatic carbocycles. The Morgan fingerprint density at radius 3 is 2.27 bits per heavy atom. The predicted molar refractivity (Wildman–Crippen MR) is 120 cm³/mol. The van der Waals surface area contributed by atoms with Crippen LogP contribution in [0.4, 0.5) is 11.4 Å². The number of nitriles is 2. The van der Waals surface area contributed by atoms with Gasteiger partial charge in [0.15, 0.2) is 5.75 Å². The minimum atomic E-state index is 0.274. The molecule has 0 aromatic heterocycles. The fourth-order valence-corrected chi connectivity index (χ4v) is 4.48. The van der Waals surface area contributed by atoms with E-state index in [9.17, 15) is 10.5 Å². The summed E-state index contributed by atoms with van der Waals surface area (Å²) < 4.78 is 5.89. The van der Waals surface area contributed by atoms with E-state index in [0.29, 0.717) is 34.4 Å². The molecule has 3 rings (SSSR count). The number of hydrogen-bond acceptors (Lipinski definition) is 5. The smallest absolute Gasteiger partial charge is 0.150 e. The number of unbranched alkanes of at least 4 members (excludes halogenated alkanes) is 2. The third kappa shape index (κ3) is 4.86. The van der Waals surface area contributed by atoms with Gasteiger partial charge in [-0.05, 0) is 67.3 Å². The first-order chi connectivity index (χ1) is 14.6. The highest BCUT2D eigenvalue weighted by molar-refractivity contribution is 5.64. The topological polar surface area (TPSA) is 109 Å². The Bertz CT molecular complexity index is 962. The van der Waals surface area contributed by atoms with E-state index in [-0.39, 0.29) is 5.56 Å². The van der Waals surface area contributed by atoms with Crippen molar-refractivity contribution < 1.29 is 4.74 Å². The monoisotopic (exact) mass is 402 g/mol. The zero-order valence-corrected chi connectivity index (χ0v) is 17.7. The first kappa shape index (κ1) is 21.5. The quantitative estimate of drug-likeness (QED) is 0.421. The second kappa shape index (κ2) is 10.0. The van der Waals surface area contributed by atoms with Gasteiger partial charge in [-0.15, -0.1) is 0 Å². The van der Waals surface area contributed by atoms with Crippen molar-refractivity contribution in [3.05, 3.63) is 47.0 Å². The number of benzene rings is 2. The molecule has 5 heteroatoms. The molecular formula is C25H30N4O. The lowest BCUT2D eigenvalue weighted by molar-refractivity contribution is 0.302. The van der Waals surface area contributed by atoms with E-state index in [1.807, 2.05) is 6.07 Å². The van der Waals surface area contributed by atoms with Gasteiger partial charge in [-0.3, -0.25) is 0 Å². The van der Waals surface area contributed by atoms with Crippen LogP contribution in [0, 0.1) is 28.6 Å². The number of nitrogens with zero attached hydrogens (tertiary/aromatic N) is 2. The first-order valence-corrected chi connectivity index (χ1v) is 10.9. The van der Waals surface area contributed by atoms with Crippen molar-refractivity contribution in [2.45, 2.75) is 64.2 Å². The molecule has 1 fully saturated rings. The highest BCUT2D eigenvalue weighted by atomic mass is 16.5. The van der Waals surface area contributed by atoms with Gasteiger partial charge in [0.2, 0.25) is 0 Å². The highest BCUT2D eigenvalue weighted by Gasteiger charge is 2.26. The number of rotatable bonds is 7. The number of anilines is 2. The molecule has 0 atom stereocenters. The van der Waals surface area contributed by atoms with Crippen molar-refractivity contribution >= 4 is 11.4 Å². The van der Waals surface area contributed by atoms with Gasteiger partial charge in [-0.25, -0.2) is 0 Å². The van der Waals surface area contributed by atoms with Crippen LogP contribution in [0.5, 0.6) is 11.5 Å². The largest absolute Gasteiger partial charge is 0.454 e. The molecule has 1 aliphatic carbocycles. The van der Waals surface area contributed by atoms with Gasteiger partial charge in [0, 0.05) is 5.69 Å². The minimum absolute atomic E-state index is 0.274. The van der Waals surface area contributed by atoms with Crippen LogP contribution in [0.15, 0.2) is 30.3 Å². The van der Waals surface area contributed by atoms with Crippen molar-refractivity contribution in [3.8, 4) is 23.6 Å². The van der Waals surface area contributed by atoms with Crippen LogP contribution < -0.4 is 16.2 Å². The Morgan fingerprint density at radius 2 is 1.63 bits per heavy atom.